The lowest BCUT2D eigenvalue weighted by Gasteiger charge is -2.14. The molecule has 0 saturated carbocycles. The zero-order valence-corrected chi connectivity index (χ0v) is 15.4. The van der Waals surface area contributed by atoms with E-state index in [0.29, 0.717) is 17.9 Å². The Hall–Kier alpha value is -2.54. The smallest absolute Gasteiger partial charge is 0.416 e. The molecular weight excluding hydrogens is 359 g/mol. The van der Waals surface area contributed by atoms with E-state index in [-0.39, 0.29) is 18.4 Å². The van der Waals surface area contributed by atoms with Gasteiger partial charge in [-0.25, -0.2) is 0 Å². The summed E-state index contributed by atoms with van der Waals surface area (Å²) < 4.78 is 49.0. The maximum Gasteiger partial charge on any atom is 0.416 e. The molecule has 0 heterocycles. The van der Waals surface area contributed by atoms with Gasteiger partial charge in [-0.2, -0.15) is 13.2 Å². The molecule has 2 aromatic carbocycles. The fraction of sp³-hybridized carbons (Fsp3) is 0.350. The van der Waals surface area contributed by atoms with E-state index in [0.717, 1.165) is 17.7 Å². The van der Waals surface area contributed by atoms with Crippen molar-refractivity contribution in [2.24, 2.45) is 0 Å². The van der Waals surface area contributed by atoms with Gasteiger partial charge in [-0.15, -0.1) is 0 Å². The topological polar surface area (TPSA) is 47.6 Å². The van der Waals surface area contributed by atoms with E-state index in [9.17, 15) is 18.0 Å². The zero-order chi connectivity index (χ0) is 20.0. The van der Waals surface area contributed by atoms with E-state index in [1.54, 1.807) is 18.2 Å². The Morgan fingerprint density at radius 1 is 1.11 bits per heavy atom. The molecule has 4 nitrogen and oxygen atoms in total. The van der Waals surface area contributed by atoms with E-state index < -0.39 is 17.6 Å². The van der Waals surface area contributed by atoms with Crippen molar-refractivity contribution in [1.29, 1.82) is 0 Å². The molecule has 0 unspecified atom stereocenters. The molecule has 0 atom stereocenters. The zero-order valence-electron chi connectivity index (χ0n) is 15.4. The molecule has 146 valence electrons. The van der Waals surface area contributed by atoms with Crippen molar-refractivity contribution < 1.29 is 27.4 Å². The van der Waals surface area contributed by atoms with Crippen molar-refractivity contribution in [1.82, 2.24) is 0 Å². The van der Waals surface area contributed by atoms with Gasteiger partial charge in [0.2, 0.25) is 0 Å². The number of amides is 1. The van der Waals surface area contributed by atoms with E-state index in [2.05, 4.69) is 5.32 Å². The van der Waals surface area contributed by atoms with Gasteiger partial charge in [-0.3, -0.25) is 4.79 Å². The molecule has 27 heavy (non-hydrogen) atoms. The Bertz CT molecular complexity index is 771. The van der Waals surface area contributed by atoms with Gasteiger partial charge in [0.1, 0.15) is 5.75 Å². The van der Waals surface area contributed by atoms with E-state index in [1.165, 1.54) is 12.1 Å². The number of benzene rings is 2. The molecule has 0 aliphatic rings. The Morgan fingerprint density at radius 3 is 2.33 bits per heavy atom. The van der Waals surface area contributed by atoms with Gasteiger partial charge >= 0.3 is 6.18 Å². The monoisotopic (exact) mass is 381 g/mol. The molecule has 0 saturated heterocycles. The Kier molecular flexibility index (Phi) is 6.85. The molecule has 0 aromatic heterocycles. The first-order valence-electron chi connectivity index (χ1n) is 8.56. The summed E-state index contributed by atoms with van der Waals surface area (Å²) in [5.74, 6) is 0.202. The number of carbonyl (C=O) groups excluding carboxylic acids is 1. The predicted molar refractivity (Wildman–Crippen MR) is 96.9 cm³/mol. The Labute approximate surface area is 156 Å². The lowest BCUT2D eigenvalue weighted by atomic mass is 10.1. The first kappa shape index (κ1) is 20.8. The quantitative estimate of drug-likeness (QED) is 0.710. The van der Waals surface area contributed by atoms with Crippen molar-refractivity contribution in [3.05, 3.63) is 59.2 Å². The summed E-state index contributed by atoms with van der Waals surface area (Å²) in [6.45, 7) is 6.43. The number of halogens is 3. The number of rotatable bonds is 7. The molecule has 0 aliphatic carbocycles. The average molecular weight is 381 g/mol. The highest BCUT2D eigenvalue weighted by Crippen LogP contribution is 2.30. The molecule has 0 bridgehead atoms. The maximum absolute atomic E-state index is 12.6. The average Bonchev–Trinajstić information content (AvgIpc) is 2.60. The highest BCUT2D eigenvalue weighted by Gasteiger charge is 2.30. The second-order valence-electron chi connectivity index (χ2n) is 6.14. The number of hydrogen-bond acceptors (Lipinski definition) is 3. The van der Waals surface area contributed by atoms with Crippen LogP contribution in [0.3, 0.4) is 0 Å². The summed E-state index contributed by atoms with van der Waals surface area (Å²) in [5.41, 5.74) is 0.600. The van der Waals surface area contributed by atoms with Crippen LogP contribution < -0.4 is 10.1 Å². The van der Waals surface area contributed by atoms with Crippen molar-refractivity contribution in [2.75, 3.05) is 11.9 Å². The van der Waals surface area contributed by atoms with Gasteiger partial charge in [0, 0.05) is 16.8 Å². The summed E-state index contributed by atoms with van der Waals surface area (Å²) in [7, 11) is 0. The first-order chi connectivity index (χ1) is 12.7. The Balaban J connectivity index is 2.16. The third-order valence-corrected chi connectivity index (χ3v) is 3.66. The molecule has 0 fully saturated rings. The second kappa shape index (κ2) is 8.90. The van der Waals surface area contributed by atoms with Gasteiger partial charge in [0.15, 0.2) is 0 Å². The van der Waals surface area contributed by atoms with Crippen LogP contribution in [0.1, 0.15) is 42.3 Å². The third-order valence-electron chi connectivity index (χ3n) is 3.66. The number of ether oxygens (including phenoxy) is 2. The highest BCUT2D eigenvalue weighted by molar-refractivity contribution is 6.04. The second-order valence-corrected chi connectivity index (χ2v) is 6.14. The summed E-state index contributed by atoms with van der Waals surface area (Å²) >= 11 is 0. The van der Waals surface area contributed by atoms with Crippen LogP contribution in [0.2, 0.25) is 0 Å². The van der Waals surface area contributed by atoms with Gasteiger partial charge in [-0.05, 0) is 63.2 Å². The minimum absolute atomic E-state index is 0.0177. The minimum atomic E-state index is -4.41. The van der Waals surface area contributed by atoms with Gasteiger partial charge in [-0.1, -0.05) is 0 Å². The van der Waals surface area contributed by atoms with Crippen molar-refractivity contribution in [2.45, 2.75) is 39.7 Å². The molecule has 0 radical (unpaired) electrons. The largest absolute Gasteiger partial charge is 0.494 e. The van der Waals surface area contributed by atoms with Gasteiger partial charge < -0.3 is 14.8 Å². The summed E-state index contributed by atoms with van der Waals surface area (Å²) in [6, 6.07) is 9.24. The molecule has 0 spiro atoms. The van der Waals surface area contributed by atoms with Crippen molar-refractivity contribution in [3.63, 3.8) is 0 Å². The molecule has 0 aliphatic heterocycles. The molecule has 1 amide bonds. The predicted octanol–water partition coefficient (Wildman–Crippen LogP) is 5.28. The Morgan fingerprint density at radius 2 is 1.78 bits per heavy atom. The SMILES string of the molecule is CCOc1ccc(C(=O)Nc2ccc(C(F)(F)F)cc2)cc1COC(C)C. The van der Waals surface area contributed by atoms with Crippen molar-refractivity contribution >= 4 is 11.6 Å². The highest BCUT2D eigenvalue weighted by atomic mass is 19.4. The van der Waals surface area contributed by atoms with E-state index in [1.807, 2.05) is 20.8 Å². The van der Waals surface area contributed by atoms with Gasteiger partial charge in [0.25, 0.3) is 5.91 Å². The molecule has 2 rings (SSSR count). The summed E-state index contributed by atoms with van der Waals surface area (Å²) in [6.07, 6.45) is -4.40. The van der Waals surface area contributed by atoms with Crippen LogP contribution in [-0.4, -0.2) is 18.6 Å². The van der Waals surface area contributed by atoms with Gasteiger partial charge in [0.05, 0.1) is 24.9 Å². The summed E-state index contributed by atoms with van der Waals surface area (Å²) in [5, 5.41) is 2.59. The first-order valence-corrected chi connectivity index (χ1v) is 8.56. The summed E-state index contributed by atoms with van der Waals surface area (Å²) in [4.78, 5) is 12.4. The normalized spacial score (nSPS) is 11.5. The van der Waals surface area contributed by atoms with Crippen LogP contribution in [0.4, 0.5) is 18.9 Å². The number of anilines is 1. The van der Waals surface area contributed by atoms with Crippen LogP contribution in [0.15, 0.2) is 42.5 Å². The molecule has 7 heteroatoms. The van der Waals surface area contributed by atoms with E-state index >= 15 is 0 Å². The number of hydrogen-bond donors (Lipinski definition) is 1. The standard InChI is InChI=1S/C20H22F3NO3/c1-4-26-18-10-5-14(11-15(18)12-27-13(2)3)19(25)24-17-8-6-16(7-9-17)20(21,22)23/h5-11,13H,4,12H2,1-3H3,(H,24,25). The number of alkyl halides is 3. The van der Waals surface area contributed by atoms with Crippen LogP contribution in [0.25, 0.3) is 0 Å². The molecule has 1 N–H and O–H groups in total. The third kappa shape index (κ3) is 5.99. The van der Waals surface area contributed by atoms with E-state index in [4.69, 9.17) is 9.47 Å². The molecule has 2 aromatic rings. The minimum Gasteiger partial charge on any atom is -0.494 e. The van der Waals surface area contributed by atoms with Crippen LogP contribution in [0, 0.1) is 0 Å². The lowest BCUT2D eigenvalue weighted by molar-refractivity contribution is -0.137. The van der Waals surface area contributed by atoms with Crippen molar-refractivity contribution in [3.8, 4) is 5.75 Å². The van der Waals surface area contributed by atoms with Crippen LogP contribution in [0.5, 0.6) is 5.75 Å². The maximum atomic E-state index is 12.6. The fourth-order valence-corrected chi connectivity index (χ4v) is 2.33. The van der Waals surface area contributed by atoms with Crippen LogP contribution >= 0.6 is 0 Å². The molecular formula is C20H22F3NO3. The fourth-order valence-electron chi connectivity index (χ4n) is 2.33. The number of carbonyl (C=O) groups is 1. The number of nitrogens with one attached hydrogen (secondary N) is 1. The lowest BCUT2D eigenvalue weighted by Crippen LogP contribution is -2.13. The van der Waals surface area contributed by atoms with Crippen LogP contribution in [-0.2, 0) is 17.5 Å².